The molecule has 4 heterocycles. The SMILES string of the molecule is COc1cccc(OC)c1CN1[C@@H]2CC[C@H]1Cc1c(nc3cc(C)[nH]n3c1=O)C2. The number of fused-ring (bicyclic) bond motifs is 4. The highest BCUT2D eigenvalue weighted by Crippen LogP contribution is 2.37. The predicted molar refractivity (Wildman–Crippen MR) is 110 cm³/mol. The Bertz CT molecular complexity index is 1110. The van der Waals surface area contributed by atoms with Crippen LogP contribution in [0.2, 0.25) is 0 Å². The van der Waals surface area contributed by atoms with Gasteiger partial charge < -0.3 is 9.47 Å². The Labute approximate surface area is 169 Å². The summed E-state index contributed by atoms with van der Waals surface area (Å²) < 4.78 is 12.8. The summed E-state index contributed by atoms with van der Waals surface area (Å²) in [6.07, 6.45) is 3.75. The fourth-order valence-corrected chi connectivity index (χ4v) is 5.04. The molecule has 2 aliphatic rings. The van der Waals surface area contributed by atoms with E-state index in [-0.39, 0.29) is 5.56 Å². The smallest absolute Gasteiger partial charge is 0.276 e. The Morgan fingerprint density at radius 3 is 2.52 bits per heavy atom. The van der Waals surface area contributed by atoms with Crippen molar-refractivity contribution in [2.24, 2.45) is 0 Å². The second-order valence-corrected chi connectivity index (χ2v) is 8.08. The normalized spacial score (nSPS) is 21.2. The molecule has 0 aliphatic carbocycles. The van der Waals surface area contributed by atoms with E-state index in [4.69, 9.17) is 14.5 Å². The van der Waals surface area contributed by atoms with Gasteiger partial charge in [0, 0.05) is 42.4 Å². The number of aromatic nitrogens is 3. The molecule has 2 aliphatic heterocycles. The Hall–Kier alpha value is -2.80. The average Bonchev–Trinajstić information content (AvgIpc) is 3.22. The standard InChI is InChI=1S/C22H26N4O3/c1-13-9-21-23-18-11-15-8-7-14(10-16(18)22(27)26(21)24-13)25(15)12-17-19(28-2)5-4-6-20(17)29-3/h4-6,9,14-15,24H,7-8,10-12H2,1-3H3/t14-,15+/m0/s1. The van der Waals surface area contributed by atoms with Gasteiger partial charge in [-0.3, -0.25) is 14.8 Å². The molecule has 1 N–H and O–H groups in total. The lowest BCUT2D eigenvalue weighted by Crippen LogP contribution is -2.36. The van der Waals surface area contributed by atoms with E-state index in [1.165, 1.54) is 0 Å². The number of H-pyrrole nitrogens is 1. The van der Waals surface area contributed by atoms with Crippen molar-refractivity contribution in [3.63, 3.8) is 0 Å². The zero-order chi connectivity index (χ0) is 20.1. The molecule has 1 saturated heterocycles. The maximum Gasteiger partial charge on any atom is 0.276 e. The van der Waals surface area contributed by atoms with Gasteiger partial charge in [0.25, 0.3) is 5.56 Å². The second-order valence-electron chi connectivity index (χ2n) is 8.08. The molecule has 2 atom stereocenters. The summed E-state index contributed by atoms with van der Waals surface area (Å²) in [4.78, 5) is 20.5. The van der Waals surface area contributed by atoms with Gasteiger partial charge in [0.2, 0.25) is 0 Å². The number of hydrogen-bond acceptors (Lipinski definition) is 5. The van der Waals surface area contributed by atoms with Gasteiger partial charge in [-0.15, -0.1) is 0 Å². The van der Waals surface area contributed by atoms with Crippen molar-refractivity contribution < 1.29 is 9.47 Å². The number of ether oxygens (including phenoxy) is 2. The minimum atomic E-state index is 0.0421. The molecule has 0 unspecified atom stereocenters. The molecule has 7 nitrogen and oxygen atoms in total. The van der Waals surface area contributed by atoms with E-state index < -0.39 is 0 Å². The van der Waals surface area contributed by atoms with E-state index >= 15 is 0 Å². The molecule has 0 saturated carbocycles. The molecular weight excluding hydrogens is 368 g/mol. The number of rotatable bonds is 4. The zero-order valence-corrected chi connectivity index (χ0v) is 17.1. The summed E-state index contributed by atoms with van der Waals surface area (Å²) in [5.41, 5.74) is 4.57. The van der Waals surface area contributed by atoms with Crippen molar-refractivity contribution in [1.29, 1.82) is 0 Å². The Morgan fingerprint density at radius 2 is 1.83 bits per heavy atom. The minimum absolute atomic E-state index is 0.0421. The maximum atomic E-state index is 13.1. The van der Waals surface area contributed by atoms with Crippen molar-refractivity contribution in [1.82, 2.24) is 19.5 Å². The van der Waals surface area contributed by atoms with Crippen molar-refractivity contribution in [2.75, 3.05) is 14.2 Å². The van der Waals surface area contributed by atoms with Crippen LogP contribution in [-0.4, -0.2) is 45.8 Å². The molecule has 3 aromatic rings. The molecule has 0 amide bonds. The molecule has 2 bridgehead atoms. The first kappa shape index (κ1) is 18.2. The molecule has 1 aromatic carbocycles. The number of aryl methyl sites for hydroxylation is 1. The highest BCUT2D eigenvalue weighted by atomic mass is 16.5. The largest absolute Gasteiger partial charge is 0.496 e. The second kappa shape index (κ2) is 6.91. The van der Waals surface area contributed by atoms with Crippen LogP contribution >= 0.6 is 0 Å². The third-order valence-corrected chi connectivity index (χ3v) is 6.43. The van der Waals surface area contributed by atoms with E-state index in [9.17, 15) is 4.79 Å². The lowest BCUT2D eigenvalue weighted by molar-refractivity contribution is 0.183. The Morgan fingerprint density at radius 1 is 1.14 bits per heavy atom. The number of hydrogen-bond donors (Lipinski definition) is 1. The highest BCUT2D eigenvalue weighted by Gasteiger charge is 2.39. The molecule has 1 fully saturated rings. The predicted octanol–water partition coefficient (Wildman–Crippen LogP) is 2.48. The first-order valence-corrected chi connectivity index (χ1v) is 10.1. The summed E-state index contributed by atoms with van der Waals surface area (Å²) in [5, 5.41) is 3.12. The van der Waals surface area contributed by atoms with Crippen LogP contribution in [0.15, 0.2) is 29.1 Å². The van der Waals surface area contributed by atoms with Gasteiger partial charge in [0.05, 0.1) is 25.5 Å². The van der Waals surface area contributed by atoms with Crippen LogP contribution in [0.25, 0.3) is 5.65 Å². The molecule has 7 heteroatoms. The van der Waals surface area contributed by atoms with Gasteiger partial charge in [0.15, 0.2) is 5.65 Å². The van der Waals surface area contributed by atoms with E-state index in [0.717, 1.165) is 66.2 Å². The topological polar surface area (TPSA) is 71.9 Å². The third-order valence-electron chi connectivity index (χ3n) is 6.43. The molecule has 0 spiro atoms. The zero-order valence-electron chi connectivity index (χ0n) is 17.1. The number of nitrogens with one attached hydrogen (secondary N) is 1. The molecule has 152 valence electrons. The van der Waals surface area contributed by atoms with Gasteiger partial charge in [-0.2, -0.15) is 0 Å². The lowest BCUT2D eigenvalue weighted by Gasteiger charge is -2.29. The number of benzene rings is 1. The van der Waals surface area contributed by atoms with Crippen LogP contribution in [-0.2, 0) is 19.4 Å². The average molecular weight is 394 g/mol. The molecule has 29 heavy (non-hydrogen) atoms. The summed E-state index contributed by atoms with van der Waals surface area (Å²) in [5.74, 6) is 1.68. The highest BCUT2D eigenvalue weighted by molar-refractivity contribution is 5.45. The third kappa shape index (κ3) is 2.92. The summed E-state index contributed by atoms with van der Waals surface area (Å²) in [7, 11) is 3.39. The van der Waals surface area contributed by atoms with Crippen LogP contribution in [0.5, 0.6) is 11.5 Å². The van der Waals surface area contributed by atoms with E-state index in [0.29, 0.717) is 17.7 Å². The molecule has 0 radical (unpaired) electrons. The van der Waals surface area contributed by atoms with Crippen molar-refractivity contribution in [3.8, 4) is 11.5 Å². The molecule has 5 rings (SSSR count). The van der Waals surface area contributed by atoms with Crippen LogP contribution in [0.3, 0.4) is 0 Å². The van der Waals surface area contributed by atoms with Gasteiger partial charge in [0.1, 0.15) is 11.5 Å². The fourth-order valence-electron chi connectivity index (χ4n) is 5.04. The van der Waals surface area contributed by atoms with Crippen molar-refractivity contribution in [2.45, 2.75) is 51.2 Å². The Balaban J connectivity index is 1.53. The number of methoxy groups -OCH3 is 2. The van der Waals surface area contributed by atoms with Crippen LogP contribution in [0, 0.1) is 6.92 Å². The van der Waals surface area contributed by atoms with E-state index in [1.54, 1.807) is 18.7 Å². The number of aromatic amines is 1. The Kier molecular flexibility index (Phi) is 4.35. The first-order valence-electron chi connectivity index (χ1n) is 10.1. The quantitative estimate of drug-likeness (QED) is 0.736. The first-order chi connectivity index (χ1) is 14.1. The number of nitrogens with zero attached hydrogens (tertiary/aromatic N) is 3. The van der Waals surface area contributed by atoms with Crippen LogP contribution in [0.1, 0.15) is 35.4 Å². The minimum Gasteiger partial charge on any atom is -0.496 e. The van der Waals surface area contributed by atoms with E-state index in [2.05, 4.69) is 10.00 Å². The fraction of sp³-hybridized carbons (Fsp3) is 0.455. The van der Waals surface area contributed by atoms with Crippen LogP contribution < -0.4 is 15.0 Å². The monoisotopic (exact) mass is 394 g/mol. The maximum absolute atomic E-state index is 13.1. The van der Waals surface area contributed by atoms with Gasteiger partial charge >= 0.3 is 0 Å². The summed E-state index contributed by atoms with van der Waals surface area (Å²) in [6, 6.07) is 8.52. The van der Waals surface area contributed by atoms with Gasteiger partial charge in [-0.1, -0.05) is 6.07 Å². The summed E-state index contributed by atoms with van der Waals surface area (Å²) in [6.45, 7) is 2.69. The van der Waals surface area contributed by atoms with Gasteiger partial charge in [-0.05, 0) is 38.3 Å². The van der Waals surface area contributed by atoms with Gasteiger partial charge in [-0.25, -0.2) is 9.50 Å². The summed E-state index contributed by atoms with van der Waals surface area (Å²) >= 11 is 0. The molecule has 2 aromatic heterocycles. The van der Waals surface area contributed by atoms with Crippen LogP contribution in [0.4, 0.5) is 0 Å². The van der Waals surface area contributed by atoms with Crippen molar-refractivity contribution in [3.05, 3.63) is 57.1 Å². The van der Waals surface area contributed by atoms with Crippen molar-refractivity contribution >= 4 is 5.65 Å². The molecular formula is C22H26N4O3. The lowest BCUT2D eigenvalue weighted by atomic mass is 9.98. The van der Waals surface area contributed by atoms with E-state index in [1.807, 2.05) is 31.2 Å².